The first-order valence-electron chi connectivity index (χ1n) is 4.42. The highest BCUT2D eigenvalue weighted by molar-refractivity contribution is 9.12. The molecule has 0 saturated heterocycles. The molecule has 0 N–H and O–H groups in total. The van der Waals surface area contributed by atoms with Crippen molar-refractivity contribution in [3.8, 4) is 0 Å². The highest BCUT2D eigenvalue weighted by atomic mass is 79.9. The summed E-state index contributed by atoms with van der Waals surface area (Å²) in [7, 11) is 1.50. The molecule has 86 valence electrons. The predicted octanol–water partition coefficient (Wildman–Crippen LogP) is 2.50. The fraction of sp³-hybridized carbons (Fsp3) is 0.300. The number of carbonyl (C=O) groups excluding carboxylic acids is 1. The molecule has 1 heterocycles. The number of aromatic nitrogens is 2. The van der Waals surface area contributed by atoms with Crippen LogP contribution in [0.25, 0.3) is 5.76 Å². The molecular formula is C10H11BrN2O2S. The Morgan fingerprint density at radius 3 is 2.75 bits per heavy atom. The van der Waals surface area contributed by atoms with E-state index in [1.807, 2.05) is 6.26 Å². The van der Waals surface area contributed by atoms with Crippen LogP contribution < -0.4 is 0 Å². The van der Waals surface area contributed by atoms with Gasteiger partial charge in [0, 0.05) is 6.20 Å². The van der Waals surface area contributed by atoms with E-state index in [2.05, 4.69) is 25.9 Å². The Hall–Kier alpha value is -0.880. The molecule has 0 saturated carbocycles. The standard InChI is InChI=1S/C10H11BrN2O2S/c1-6(14)8(11)9(15-2)7-4-5-12-10(13-7)16-3/h4-5H,1-3H3. The van der Waals surface area contributed by atoms with Crippen LogP contribution in [-0.2, 0) is 9.53 Å². The Kier molecular flexibility index (Phi) is 4.95. The molecule has 6 heteroatoms. The molecule has 0 fully saturated rings. The minimum atomic E-state index is -0.110. The predicted molar refractivity (Wildman–Crippen MR) is 67.4 cm³/mol. The first kappa shape index (κ1) is 13.2. The number of thioether (sulfide) groups is 1. The first-order valence-corrected chi connectivity index (χ1v) is 6.44. The maximum absolute atomic E-state index is 11.2. The number of carbonyl (C=O) groups is 1. The van der Waals surface area contributed by atoms with Crippen molar-refractivity contribution in [2.45, 2.75) is 12.1 Å². The average Bonchev–Trinajstić information content (AvgIpc) is 2.30. The van der Waals surface area contributed by atoms with Crippen molar-refractivity contribution in [1.29, 1.82) is 0 Å². The van der Waals surface area contributed by atoms with E-state index in [9.17, 15) is 4.79 Å². The Bertz CT molecular complexity index is 435. The number of ether oxygens (including phenoxy) is 1. The largest absolute Gasteiger partial charge is 0.493 e. The summed E-state index contributed by atoms with van der Waals surface area (Å²) >= 11 is 4.62. The summed E-state index contributed by atoms with van der Waals surface area (Å²) in [5.41, 5.74) is 0.587. The second kappa shape index (κ2) is 6.00. The lowest BCUT2D eigenvalue weighted by atomic mass is 10.3. The van der Waals surface area contributed by atoms with E-state index in [-0.39, 0.29) is 5.78 Å². The lowest BCUT2D eigenvalue weighted by Crippen LogP contribution is -2.00. The number of ketones is 1. The minimum absolute atomic E-state index is 0.110. The maximum Gasteiger partial charge on any atom is 0.187 e. The third kappa shape index (κ3) is 3.05. The molecular weight excluding hydrogens is 292 g/mol. The van der Waals surface area contributed by atoms with Crippen LogP contribution in [0.2, 0.25) is 0 Å². The Morgan fingerprint density at radius 2 is 2.25 bits per heavy atom. The molecule has 0 amide bonds. The number of rotatable bonds is 4. The van der Waals surface area contributed by atoms with Crippen LogP contribution in [0.4, 0.5) is 0 Å². The SMILES string of the molecule is COC(=C(Br)C(C)=O)c1ccnc(SC)n1. The van der Waals surface area contributed by atoms with E-state index in [1.165, 1.54) is 25.8 Å². The lowest BCUT2D eigenvalue weighted by Gasteiger charge is -2.07. The van der Waals surface area contributed by atoms with Crippen molar-refractivity contribution in [2.24, 2.45) is 0 Å². The average molecular weight is 303 g/mol. The van der Waals surface area contributed by atoms with Gasteiger partial charge in [-0.1, -0.05) is 11.8 Å². The fourth-order valence-corrected chi connectivity index (χ4v) is 1.75. The normalized spacial score (nSPS) is 12.0. The molecule has 4 nitrogen and oxygen atoms in total. The monoisotopic (exact) mass is 302 g/mol. The number of hydrogen-bond acceptors (Lipinski definition) is 5. The zero-order valence-electron chi connectivity index (χ0n) is 9.15. The second-order valence-electron chi connectivity index (χ2n) is 2.83. The van der Waals surface area contributed by atoms with E-state index < -0.39 is 0 Å². The quantitative estimate of drug-likeness (QED) is 0.370. The van der Waals surface area contributed by atoms with Crippen LogP contribution >= 0.6 is 27.7 Å². The Balaban J connectivity index is 3.23. The molecule has 0 bridgehead atoms. The maximum atomic E-state index is 11.2. The van der Waals surface area contributed by atoms with Gasteiger partial charge < -0.3 is 4.74 Å². The number of halogens is 1. The van der Waals surface area contributed by atoms with Crippen molar-refractivity contribution in [1.82, 2.24) is 9.97 Å². The van der Waals surface area contributed by atoms with Crippen molar-refractivity contribution < 1.29 is 9.53 Å². The third-order valence-corrected chi connectivity index (χ3v) is 3.24. The van der Waals surface area contributed by atoms with Gasteiger partial charge in [-0.3, -0.25) is 4.79 Å². The molecule has 0 aliphatic rings. The van der Waals surface area contributed by atoms with Crippen LogP contribution in [0.1, 0.15) is 12.6 Å². The van der Waals surface area contributed by atoms with Gasteiger partial charge in [0.15, 0.2) is 16.7 Å². The first-order chi connectivity index (χ1) is 7.60. The summed E-state index contributed by atoms with van der Waals surface area (Å²) in [6.45, 7) is 1.46. The second-order valence-corrected chi connectivity index (χ2v) is 4.40. The molecule has 1 rings (SSSR count). The number of allylic oxidation sites excluding steroid dienone is 1. The summed E-state index contributed by atoms with van der Waals surface area (Å²) in [4.78, 5) is 19.5. The van der Waals surface area contributed by atoms with Crippen molar-refractivity contribution >= 4 is 39.2 Å². The van der Waals surface area contributed by atoms with Crippen molar-refractivity contribution in [2.75, 3.05) is 13.4 Å². The van der Waals surface area contributed by atoms with E-state index >= 15 is 0 Å². The molecule has 0 atom stereocenters. The van der Waals surface area contributed by atoms with Crippen LogP contribution in [0.15, 0.2) is 21.9 Å². The summed E-state index contributed by atoms with van der Waals surface area (Å²) in [6, 6.07) is 1.70. The van der Waals surface area contributed by atoms with E-state index in [0.29, 0.717) is 21.1 Å². The number of hydrogen-bond donors (Lipinski definition) is 0. The van der Waals surface area contributed by atoms with Gasteiger partial charge in [0.1, 0.15) is 10.2 Å². The van der Waals surface area contributed by atoms with E-state index in [1.54, 1.807) is 12.3 Å². The van der Waals surface area contributed by atoms with Gasteiger partial charge in [0.05, 0.1) is 7.11 Å². The molecule has 0 radical (unpaired) electrons. The minimum Gasteiger partial charge on any atom is -0.493 e. The molecule has 0 unspecified atom stereocenters. The molecule has 16 heavy (non-hydrogen) atoms. The summed E-state index contributed by atoms with van der Waals surface area (Å²) in [6.07, 6.45) is 3.52. The van der Waals surface area contributed by atoms with Gasteiger partial charge in [-0.25, -0.2) is 9.97 Å². The Morgan fingerprint density at radius 1 is 1.56 bits per heavy atom. The van der Waals surface area contributed by atoms with Crippen LogP contribution in [0.3, 0.4) is 0 Å². The zero-order chi connectivity index (χ0) is 12.1. The molecule has 1 aromatic rings. The number of methoxy groups -OCH3 is 1. The highest BCUT2D eigenvalue weighted by Gasteiger charge is 2.13. The van der Waals surface area contributed by atoms with Gasteiger partial charge in [0.25, 0.3) is 0 Å². The Labute approximate surface area is 107 Å². The number of nitrogens with zero attached hydrogens (tertiary/aromatic N) is 2. The molecule has 0 aromatic carbocycles. The fourth-order valence-electron chi connectivity index (χ4n) is 1.03. The van der Waals surface area contributed by atoms with Crippen LogP contribution in [-0.4, -0.2) is 29.1 Å². The molecule has 0 aliphatic carbocycles. The van der Waals surface area contributed by atoms with Crippen LogP contribution in [0.5, 0.6) is 0 Å². The van der Waals surface area contributed by atoms with Gasteiger partial charge in [-0.15, -0.1) is 0 Å². The zero-order valence-corrected chi connectivity index (χ0v) is 11.6. The van der Waals surface area contributed by atoms with Gasteiger partial charge in [-0.2, -0.15) is 0 Å². The molecule has 0 aliphatic heterocycles. The lowest BCUT2D eigenvalue weighted by molar-refractivity contribution is -0.112. The van der Waals surface area contributed by atoms with Gasteiger partial charge in [0.2, 0.25) is 0 Å². The number of Topliss-reactive ketones (excluding diaryl/α,β-unsaturated/α-hetero) is 1. The molecule has 0 spiro atoms. The summed E-state index contributed by atoms with van der Waals surface area (Å²) in [5, 5.41) is 0.635. The van der Waals surface area contributed by atoms with Crippen LogP contribution in [0, 0.1) is 0 Å². The smallest absolute Gasteiger partial charge is 0.187 e. The van der Waals surface area contributed by atoms with Gasteiger partial charge in [-0.05, 0) is 35.2 Å². The molecule has 1 aromatic heterocycles. The van der Waals surface area contributed by atoms with Crippen molar-refractivity contribution in [3.63, 3.8) is 0 Å². The summed E-state index contributed by atoms with van der Waals surface area (Å²) < 4.78 is 5.55. The summed E-state index contributed by atoms with van der Waals surface area (Å²) in [5.74, 6) is 0.311. The highest BCUT2D eigenvalue weighted by Crippen LogP contribution is 2.23. The van der Waals surface area contributed by atoms with E-state index in [4.69, 9.17) is 4.74 Å². The van der Waals surface area contributed by atoms with E-state index in [0.717, 1.165) is 0 Å². The topological polar surface area (TPSA) is 52.1 Å². The van der Waals surface area contributed by atoms with Gasteiger partial charge >= 0.3 is 0 Å². The van der Waals surface area contributed by atoms with Crippen molar-refractivity contribution in [3.05, 3.63) is 22.4 Å². The third-order valence-electron chi connectivity index (χ3n) is 1.76.